The van der Waals surface area contributed by atoms with Crippen molar-refractivity contribution in [2.24, 2.45) is 0 Å². The minimum Gasteiger partial charge on any atom is -0.748 e. The first-order valence-electron chi connectivity index (χ1n) is 22.4. The zero-order chi connectivity index (χ0) is 50.8. The van der Waals surface area contributed by atoms with E-state index in [0.717, 1.165) is 0 Å². The van der Waals surface area contributed by atoms with E-state index in [4.69, 9.17) is 23.8 Å². The fourth-order valence-corrected chi connectivity index (χ4v) is 10.2. The Morgan fingerprint density at radius 2 is 1.36 bits per heavy atom. The molecule has 3 heterocycles. The van der Waals surface area contributed by atoms with Gasteiger partial charge in [0.25, 0.3) is 11.8 Å². The van der Waals surface area contributed by atoms with Crippen molar-refractivity contribution in [1.82, 2.24) is 5.06 Å². The summed E-state index contributed by atoms with van der Waals surface area (Å²) >= 11 is 0. The van der Waals surface area contributed by atoms with Crippen LogP contribution in [0, 0.1) is 0 Å². The van der Waals surface area contributed by atoms with Crippen LogP contribution in [0.2, 0.25) is 0 Å². The number of allylic oxidation sites excluding steroid dienone is 6. The van der Waals surface area contributed by atoms with Crippen molar-refractivity contribution in [3.8, 4) is 0 Å². The minimum absolute atomic E-state index is 0.0521. The van der Waals surface area contributed by atoms with Gasteiger partial charge in [-0.3, -0.25) is 9.59 Å². The molecule has 23 heteroatoms. The van der Waals surface area contributed by atoms with Gasteiger partial charge in [0.15, 0.2) is 5.71 Å². The number of hydrogen-bond acceptors (Lipinski definition) is 18. The highest BCUT2D eigenvalue weighted by Crippen LogP contribution is 2.51. The van der Waals surface area contributed by atoms with Crippen molar-refractivity contribution in [2.45, 2.75) is 93.3 Å². The van der Waals surface area contributed by atoms with Gasteiger partial charge < -0.3 is 42.3 Å². The average molecular weight is 1020 g/mol. The Morgan fingerprint density at radius 1 is 0.783 bits per heavy atom. The quantitative estimate of drug-likeness (QED) is 0.0404. The van der Waals surface area contributed by atoms with Gasteiger partial charge in [0.05, 0.1) is 71.4 Å². The molecule has 3 aliphatic heterocycles. The second-order valence-corrected chi connectivity index (χ2v) is 21.4. The van der Waals surface area contributed by atoms with Crippen LogP contribution < -0.4 is 4.90 Å². The standard InChI is InChI=1S/C46H61N3O17S3/c1-6-47-38-14-12-34(68(56,57)58)31-36(38)45(3,20-8-30-67(53,54)55)40(47)16-10-33(2)11-17-41-46(4,21-23-63-26-27-65-29-28-64-25-24-62-5)37-32-35(69(59,60)61)13-15-39(37)48(41)22-7-9-44(52)66-49-42(50)18-19-43(49)51/h10-17,31-32H,6-9,18-30H2,1-5H3,(H2-,53,54,55,56,57,58,59,60,61)/p-2. The zero-order valence-electron chi connectivity index (χ0n) is 39.3. The van der Waals surface area contributed by atoms with Crippen LogP contribution in [0.15, 0.2) is 81.8 Å². The van der Waals surface area contributed by atoms with E-state index in [-0.39, 0.29) is 71.3 Å². The van der Waals surface area contributed by atoms with E-state index >= 15 is 0 Å². The van der Waals surface area contributed by atoms with Crippen LogP contribution in [-0.2, 0) is 79.4 Å². The Balaban J connectivity index is 1.51. The van der Waals surface area contributed by atoms with Crippen LogP contribution in [-0.4, -0.2) is 144 Å². The first kappa shape index (κ1) is 55.2. The molecule has 2 aromatic carbocycles. The van der Waals surface area contributed by atoms with Crippen LogP contribution in [0.25, 0.3) is 0 Å². The van der Waals surface area contributed by atoms with Crippen molar-refractivity contribution in [3.05, 3.63) is 83.1 Å². The fraction of sp³-hybridized carbons (Fsp3) is 0.522. The number of methoxy groups -OCH3 is 1. The Bertz CT molecular complexity index is 2700. The van der Waals surface area contributed by atoms with Crippen LogP contribution in [0.5, 0.6) is 0 Å². The second-order valence-electron chi connectivity index (χ2n) is 17.1. The second kappa shape index (κ2) is 23.5. The van der Waals surface area contributed by atoms with E-state index in [0.29, 0.717) is 77.5 Å². The highest BCUT2D eigenvalue weighted by molar-refractivity contribution is 7.86. The third-order valence-electron chi connectivity index (χ3n) is 12.3. The van der Waals surface area contributed by atoms with Gasteiger partial charge in [-0.15, -0.1) is 5.06 Å². The Hall–Kier alpha value is -4.69. The lowest BCUT2D eigenvalue weighted by atomic mass is 9.76. The summed E-state index contributed by atoms with van der Waals surface area (Å²) in [6, 6.07) is 8.10. The molecule has 5 rings (SSSR count). The molecule has 1 saturated heterocycles. The number of hydroxylamine groups is 2. The third kappa shape index (κ3) is 14.0. The highest BCUT2D eigenvalue weighted by atomic mass is 32.2. The van der Waals surface area contributed by atoms with Crippen LogP contribution in [0.4, 0.5) is 11.4 Å². The monoisotopic (exact) mass is 1020 g/mol. The maximum Gasteiger partial charge on any atom is 0.333 e. The maximum absolute atomic E-state index is 12.9. The Morgan fingerprint density at radius 3 is 1.94 bits per heavy atom. The summed E-state index contributed by atoms with van der Waals surface area (Å²) in [7, 11) is -12.8. The number of carbonyl (C=O) groups is 3. The van der Waals surface area contributed by atoms with E-state index in [9.17, 15) is 53.3 Å². The number of amides is 2. The summed E-state index contributed by atoms with van der Waals surface area (Å²) in [6.07, 6.45) is 7.41. The Labute approximate surface area is 403 Å². The molecular formula is C46H59N3O17S3-2. The normalized spacial score (nSPS) is 20.5. The molecule has 0 spiro atoms. The summed E-state index contributed by atoms with van der Waals surface area (Å²) in [6.45, 7) is 10.2. The summed E-state index contributed by atoms with van der Waals surface area (Å²) in [4.78, 5) is 43.2. The largest absolute Gasteiger partial charge is 0.748 e. The zero-order valence-corrected chi connectivity index (χ0v) is 41.8. The molecule has 20 nitrogen and oxygen atoms in total. The summed E-state index contributed by atoms with van der Waals surface area (Å²) in [5, 5.41) is 0.472. The lowest BCUT2D eigenvalue weighted by molar-refractivity contribution is -0.438. The van der Waals surface area contributed by atoms with Gasteiger partial charge in [-0.25, -0.2) is 30.0 Å². The number of nitrogens with zero attached hydrogens (tertiary/aromatic N) is 3. The number of imide groups is 1. The molecule has 0 radical (unpaired) electrons. The smallest absolute Gasteiger partial charge is 0.333 e. The molecule has 2 amide bonds. The first-order valence-corrected chi connectivity index (χ1v) is 26.8. The van der Waals surface area contributed by atoms with Crippen LogP contribution >= 0.6 is 0 Å². The molecule has 2 atom stereocenters. The molecule has 380 valence electrons. The highest BCUT2D eigenvalue weighted by Gasteiger charge is 2.48. The minimum atomic E-state index is -4.90. The van der Waals surface area contributed by atoms with Gasteiger partial charge in [0.1, 0.15) is 26.8 Å². The number of ether oxygens (including phenoxy) is 4. The van der Waals surface area contributed by atoms with Gasteiger partial charge in [0, 0.05) is 79.8 Å². The predicted molar refractivity (Wildman–Crippen MR) is 246 cm³/mol. The lowest BCUT2D eigenvalue weighted by Gasteiger charge is -2.30. The number of likely N-dealkylation sites (N-methyl/N-ethyl adjacent to an activating group) is 1. The first-order chi connectivity index (χ1) is 32.4. The van der Waals surface area contributed by atoms with Gasteiger partial charge in [-0.1, -0.05) is 17.7 Å². The average Bonchev–Trinajstić information content (AvgIpc) is 3.81. The number of hydrogen-bond donors (Lipinski definition) is 0. The summed E-state index contributed by atoms with van der Waals surface area (Å²) in [5.41, 5.74) is 2.09. The van der Waals surface area contributed by atoms with E-state index in [1.165, 1.54) is 36.4 Å². The lowest BCUT2D eigenvalue weighted by Crippen LogP contribution is -2.33. The van der Waals surface area contributed by atoms with Crippen LogP contribution in [0.1, 0.15) is 83.8 Å². The van der Waals surface area contributed by atoms with Crippen molar-refractivity contribution >= 4 is 65.2 Å². The fourth-order valence-electron chi connectivity index (χ4n) is 8.71. The molecule has 0 aromatic heterocycles. The van der Waals surface area contributed by atoms with Gasteiger partial charge in [-0.2, -0.15) is 4.58 Å². The van der Waals surface area contributed by atoms with E-state index in [2.05, 4.69) is 0 Å². The van der Waals surface area contributed by atoms with Crippen molar-refractivity contribution in [1.29, 1.82) is 0 Å². The van der Waals surface area contributed by atoms with Crippen molar-refractivity contribution in [2.75, 3.05) is 77.1 Å². The molecule has 0 N–H and O–H groups in total. The van der Waals surface area contributed by atoms with E-state index in [1.807, 2.05) is 36.3 Å². The SMILES string of the molecule is CCN1/C(=C/C=C(C)/C=C/C2=[N+](CCCC(=O)ON3C(=O)CCC3=O)c3ccc(S(=O)(=O)[O-])cc3C2(C)CCOCCOCCOCCOC)C(C)(CCCS(=O)(=O)[O-])c2cc(S(=O)(=O)[O-])ccc21. The van der Waals surface area contributed by atoms with Crippen LogP contribution in [0.3, 0.4) is 0 Å². The van der Waals surface area contributed by atoms with Gasteiger partial charge in [-0.05, 0) is 88.9 Å². The molecule has 0 aliphatic carbocycles. The molecule has 69 heavy (non-hydrogen) atoms. The topological polar surface area (TPSA) is 278 Å². The number of anilines is 1. The number of carbonyl (C=O) groups excluding carboxylic acids is 3. The Kier molecular flexibility index (Phi) is 18.8. The van der Waals surface area contributed by atoms with Gasteiger partial charge in [0.2, 0.25) is 5.69 Å². The molecule has 0 bridgehead atoms. The third-order valence-corrected chi connectivity index (χ3v) is 14.7. The maximum atomic E-state index is 12.9. The molecule has 1 fully saturated rings. The summed E-state index contributed by atoms with van der Waals surface area (Å²) in [5.74, 6) is -2.70. The number of rotatable bonds is 27. The number of fused-ring (bicyclic) bond motifs is 2. The molecule has 0 saturated carbocycles. The van der Waals surface area contributed by atoms with E-state index in [1.54, 1.807) is 32.3 Å². The molecule has 2 aromatic rings. The van der Waals surface area contributed by atoms with Crippen molar-refractivity contribution in [3.63, 3.8) is 0 Å². The van der Waals surface area contributed by atoms with E-state index < -0.39 is 74.5 Å². The molecule has 3 aliphatic rings. The number of benzene rings is 2. The van der Waals surface area contributed by atoms with Gasteiger partial charge >= 0.3 is 5.97 Å². The molecule has 2 unspecified atom stereocenters. The molecular weight excluding hydrogens is 963 g/mol. The predicted octanol–water partition coefficient (Wildman–Crippen LogP) is 3.83. The van der Waals surface area contributed by atoms with Crippen molar-refractivity contribution < 1.29 is 81.7 Å². The summed E-state index contributed by atoms with van der Waals surface area (Å²) < 4.78 is 132.